The van der Waals surface area contributed by atoms with Gasteiger partial charge in [0, 0.05) is 25.7 Å². The Hall–Kier alpha value is -1.94. The third-order valence-corrected chi connectivity index (χ3v) is 21.6. The number of esters is 4. The van der Waals surface area contributed by atoms with Gasteiger partial charge in [0.15, 0.2) is 12.2 Å². The molecule has 0 aromatic rings. The van der Waals surface area contributed by atoms with E-state index in [9.17, 15) is 43.2 Å². The van der Waals surface area contributed by atoms with E-state index in [-0.39, 0.29) is 25.7 Å². The summed E-state index contributed by atoms with van der Waals surface area (Å²) in [5.74, 6) is -0.502. The first-order chi connectivity index (χ1) is 49.9. The van der Waals surface area contributed by atoms with E-state index in [1.54, 1.807) is 0 Å². The van der Waals surface area contributed by atoms with Gasteiger partial charge >= 0.3 is 39.5 Å². The molecule has 103 heavy (non-hydrogen) atoms. The summed E-state index contributed by atoms with van der Waals surface area (Å²) in [7, 11) is -9.92. The molecule has 0 heterocycles. The standard InChI is InChI=1S/C84H164O17P2/c1-7-9-11-13-15-16-17-18-19-20-21-25-28-33-38-43-49-55-61-67-82(87)95-73-80(101-84(89)68-62-56-50-44-39-34-29-26-23-22-24-27-31-36-41-47-52-58-64-76(3)4)75-99-103(92,93)97-71-78(85)70-96-102(90,91)98-74-79(72-94-81(86)66-60-54-46-14-12-10-8-2)100-83(88)69-63-57-51-45-40-35-30-32-37-42-48-53-59-65-77(5)6/h76-80,85H,7-75H2,1-6H3,(H,90,91)(H,92,93)/t78-,79+,80+/m0/s1. The van der Waals surface area contributed by atoms with Crippen LogP contribution in [0.1, 0.15) is 446 Å². The Bertz CT molecular complexity index is 1980. The predicted octanol–water partition coefficient (Wildman–Crippen LogP) is 25.5. The van der Waals surface area contributed by atoms with Crippen LogP contribution >= 0.6 is 15.6 Å². The van der Waals surface area contributed by atoms with E-state index in [0.29, 0.717) is 25.7 Å². The van der Waals surface area contributed by atoms with Crippen LogP contribution in [0.15, 0.2) is 0 Å². The highest BCUT2D eigenvalue weighted by atomic mass is 31.2. The first-order valence-corrected chi connectivity index (χ1v) is 46.5. The quantitative estimate of drug-likeness (QED) is 0.0222. The molecule has 3 N–H and O–H groups in total. The van der Waals surface area contributed by atoms with Crippen LogP contribution in [-0.2, 0) is 65.4 Å². The summed E-state index contributed by atoms with van der Waals surface area (Å²) in [5, 5.41) is 10.6. The van der Waals surface area contributed by atoms with E-state index in [1.807, 2.05) is 0 Å². The third-order valence-electron chi connectivity index (χ3n) is 19.7. The Labute approximate surface area is 632 Å². The number of carbonyl (C=O) groups excluding carboxylic acids is 4. The molecule has 0 fully saturated rings. The minimum Gasteiger partial charge on any atom is -0.462 e. The van der Waals surface area contributed by atoms with Crippen molar-refractivity contribution < 1.29 is 80.2 Å². The fourth-order valence-electron chi connectivity index (χ4n) is 13.1. The fourth-order valence-corrected chi connectivity index (χ4v) is 14.6. The number of carbonyl (C=O) groups is 4. The van der Waals surface area contributed by atoms with E-state index in [2.05, 4.69) is 41.5 Å². The SMILES string of the molecule is CCCCCCCCCCCCCCCCCCCCCC(=O)OC[C@H](COP(=O)(O)OC[C@@H](O)COP(=O)(O)OC[C@@H](COC(=O)CCCCCCCCC)OC(=O)CCCCCCCCCCCCCCCC(C)C)OC(=O)CCCCCCCCCCCCCCCCCCCCC(C)C. The Morgan fingerprint density at radius 2 is 0.447 bits per heavy atom. The van der Waals surface area contributed by atoms with Gasteiger partial charge < -0.3 is 33.8 Å². The monoisotopic (exact) mass is 1510 g/mol. The van der Waals surface area contributed by atoms with Gasteiger partial charge in [0.05, 0.1) is 26.4 Å². The molecule has 0 amide bonds. The normalized spacial score (nSPS) is 13.9. The number of hydrogen-bond acceptors (Lipinski definition) is 15. The van der Waals surface area contributed by atoms with Crippen molar-refractivity contribution in [3.05, 3.63) is 0 Å². The van der Waals surface area contributed by atoms with Gasteiger partial charge in [-0.2, -0.15) is 0 Å². The minimum atomic E-state index is -4.96. The highest BCUT2D eigenvalue weighted by Crippen LogP contribution is 2.45. The molecule has 5 atom stereocenters. The summed E-state index contributed by atoms with van der Waals surface area (Å²) >= 11 is 0. The second-order valence-electron chi connectivity index (χ2n) is 31.2. The number of phosphoric acid groups is 2. The van der Waals surface area contributed by atoms with Crippen molar-refractivity contribution in [2.75, 3.05) is 39.6 Å². The maximum atomic E-state index is 13.1. The smallest absolute Gasteiger partial charge is 0.462 e. The molecular formula is C84H164O17P2. The highest BCUT2D eigenvalue weighted by molar-refractivity contribution is 7.47. The summed E-state index contributed by atoms with van der Waals surface area (Å²) in [6.07, 6.45) is 66.9. The van der Waals surface area contributed by atoms with Crippen LogP contribution in [0.4, 0.5) is 0 Å². The molecule has 0 radical (unpaired) electrons. The molecule has 0 aliphatic heterocycles. The van der Waals surface area contributed by atoms with Crippen LogP contribution in [0.3, 0.4) is 0 Å². The lowest BCUT2D eigenvalue weighted by Crippen LogP contribution is -2.30. The average Bonchev–Trinajstić information content (AvgIpc) is 0.935. The Balaban J connectivity index is 5.17. The zero-order valence-corrected chi connectivity index (χ0v) is 69.4. The predicted molar refractivity (Wildman–Crippen MR) is 423 cm³/mol. The molecule has 0 rings (SSSR count). The second-order valence-corrected chi connectivity index (χ2v) is 34.1. The van der Waals surface area contributed by atoms with Crippen LogP contribution in [0.5, 0.6) is 0 Å². The molecule has 0 aromatic carbocycles. The zero-order chi connectivity index (χ0) is 75.6. The molecule has 0 aromatic heterocycles. The Morgan fingerprint density at radius 3 is 0.660 bits per heavy atom. The second kappa shape index (κ2) is 75.5. The fraction of sp³-hybridized carbons (Fsp3) is 0.952. The van der Waals surface area contributed by atoms with Gasteiger partial charge in [0.1, 0.15) is 19.3 Å². The Kier molecular flexibility index (Phi) is 74.1. The molecule has 0 aliphatic rings. The van der Waals surface area contributed by atoms with Crippen molar-refractivity contribution in [3.8, 4) is 0 Å². The van der Waals surface area contributed by atoms with E-state index < -0.39 is 97.5 Å². The Morgan fingerprint density at radius 1 is 0.262 bits per heavy atom. The van der Waals surface area contributed by atoms with Crippen molar-refractivity contribution in [1.82, 2.24) is 0 Å². The molecule has 0 spiro atoms. The molecule has 0 bridgehead atoms. The molecule has 2 unspecified atom stereocenters. The van der Waals surface area contributed by atoms with Gasteiger partial charge in [-0.1, -0.05) is 395 Å². The molecule has 0 aliphatic carbocycles. The lowest BCUT2D eigenvalue weighted by Gasteiger charge is -2.21. The number of rotatable bonds is 83. The number of hydrogen-bond donors (Lipinski definition) is 3. The zero-order valence-electron chi connectivity index (χ0n) is 67.6. The summed E-state index contributed by atoms with van der Waals surface area (Å²) in [5.41, 5.74) is 0. The highest BCUT2D eigenvalue weighted by Gasteiger charge is 2.30. The number of aliphatic hydroxyl groups is 1. The maximum Gasteiger partial charge on any atom is 0.472 e. The van der Waals surface area contributed by atoms with Gasteiger partial charge in [0.2, 0.25) is 0 Å². The lowest BCUT2D eigenvalue weighted by atomic mass is 10.0. The third kappa shape index (κ3) is 78.0. The van der Waals surface area contributed by atoms with Crippen LogP contribution in [0.25, 0.3) is 0 Å². The summed E-state index contributed by atoms with van der Waals surface area (Å²) in [6, 6.07) is 0. The van der Waals surface area contributed by atoms with Crippen molar-refractivity contribution in [2.45, 2.75) is 464 Å². The lowest BCUT2D eigenvalue weighted by molar-refractivity contribution is -0.161. The maximum absolute atomic E-state index is 13.1. The van der Waals surface area contributed by atoms with Crippen molar-refractivity contribution in [3.63, 3.8) is 0 Å². The molecule has 612 valence electrons. The van der Waals surface area contributed by atoms with E-state index in [0.717, 1.165) is 115 Å². The van der Waals surface area contributed by atoms with E-state index in [1.165, 1.54) is 250 Å². The topological polar surface area (TPSA) is 237 Å². The number of unbranched alkanes of at least 4 members (excludes halogenated alkanes) is 53. The molecule has 0 saturated heterocycles. The summed E-state index contributed by atoms with van der Waals surface area (Å²) in [6.45, 7) is 9.66. The van der Waals surface area contributed by atoms with E-state index >= 15 is 0 Å². The number of ether oxygens (including phenoxy) is 4. The average molecular weight is 1510 g/mol. The number of aliphatic hydroxyl groups excluding tert-OH is 1. The van der Waals surface area contributed by atoms with Crippen molar-refractivity contribution >= 4 is 39.5 Å². The minimum absolute atomic E-state index is 0.107. The van der Waals surface area contributed by atoms with Crippen molar-refractivity contribution in [2.24, 2.45) is 11.8 Å². The van der Waals surface area contributed by atoms with Gasteiger partial charge in [-0.3, -0.25) is 37.3 Å². The molecule has 17 nitrogen and oxygen atoms in total. The van der Waals surface area contributed by atoms with E-state index in [4.69, 9.17) is 37.0 Å². The van der Waals surface area contributed by atoms with Crippen LogP contribution in [0, 0.1) is 11.8 Å². The molecular weight excluding hydrogens is 1340 g/mol. The summed E-state index contributed by atoms with van der Waals surface area (Å²) < 4.78 is 68.7. The first kappa shape index (κ1) is 101. The van der Waals surface area contributed by atoms with Gasteiger partial charge in [0.25, 0.3) is 0 Å². The van der Waals surface area contributed by atoms with Crippen LogP contribution in [0.2, 0.25) is 0 Å². The van der Waals surface area contributed by atoms with Crippen molar-refractivity contribution in [1.29, 1.82) is 0 Å². The van der Waals surface area contributed by atoms with Gasteiger partial charge in [-0.05, 0) is 37.5 Å². The van der Waals surface area contributed by atoms with Gasteiger partial charge in [-0.25, -0.2) is 9.13 Å². The molecule has 0 saturated carbocycles. The summed E-state index contributed by atoms with van der Waals surface area (Å²) in [4.78, 5) is 73.0. The first-order valence-electron chi connectivity index (χ1n) is 43.5. The van der Waals surface area contributed by atoms with Crippen LogP contribution < -0.4 is 0 Å². The largest absolute Gasteiger partial charge is 0.472 e. The molecule has 19 heteroatoms. The van der Waals surface area contributed by atoms with Crippen LogP contribution in [-0.4, -0.2) is 96.7 Å². The number of phosphoric ester groups is 2. The van der Waals surface area contributed by atoms with Gasteiger partial charge in [-0.15, -0.1) is 0 Å².